The van der Waals surface area contributed by atoms with E-state index in [2.05, 4.69) is 50.3 Å². The van der Waals surface area contributed by atoms with E-state index in [1.807, 2.05) is 29.2 Å². The van der Waals surface area contributed by atoms with Gasteiger partial charge >= 0.3 is 0 Å². The highest BCUT2D eigenvalue weighted by molar-refractivity contribution is 14.1. The molecule has 18 heavy (non-hydrogen) atoms. The molecule has 0 aliphatic heterocycles. The third-order valence-corrected chi connectivity index (χ3v) is 3.27. The third-order valence-electron chi connectivity index (χ3n) is 2.55. The van der Waals surface area contributed by atoms with Gasteiger partial charge in [0.25, 0.3) is 5.91 Å². The van der Waals surface area contributed by atoms with E-state index in [0.29, 0.717) is 11.8 Å². The molecular weight excluding hydrogens is 337 g/mol. The Morgan fingerprint density at radius 3 is 1.89 bits per heavy atom. The van der Waals surface area contributed by atoms with Crippen molar-refractivity contribution in [2.45, 2.75) is 27.7 Å². The van der Waals surface area contributed by atoms with Crippen molar-refractivity contribution in [1.82, 2.24) is 4.90 Å². The standard InChI is InChI=1S/C15H22INO/c1-11(2)9-17(10-12(3)4)15(18)13-5-7-14(16)8-6-13/h5-8,11-12H,9-10H2,1-4H3. The van der Waals surface area contributed by atoms with E-state index in [9.17, 15) is 4.79 Å². The summed E-state index contributed by atoms with van der Waals surface area (Å²) in [6, 6.07) is 7.79. The average molecular weight is 359 g/mol. The molecule has 0 unspecified atom stereocenters. The van der Waals surface area contributed by atoms with Crippen molar-refractivity contribution in [2.75, 3.05) is 13.1 Å². The SMILES string of the molecule is CC(C)CN(CC(C)C)C(=O)c1ccc(I)cc1. The molecule has 0 radical (unpaired) electrons. The Kier molecular flexibility index (Phi) is 6.12. The summed E-state index contributed by atoms with van der Waals surface area (Å²) in [6.45, 7) is 10.2. The van der Waals surface area contributed by atoms with Crippen LogP contribution in [-0.2, 0) is 0 Å². The topological polar surface area (TPSA) is 20.3 Å². The van der Waals surface area contributed by atoms with Crippen molar-refractivity contribution in [3.63, 3.8) is 0 Å². The first-order chi connectivity index (χ1) is 8.40. The van der Waals surface area contributed by atoms with Gasteiger partial charge in [0.15, 0.2) is 0 Å². The van der Waals surface area contributed by atoms with E-state index in [4.69, 9.17) is 0 Å². The van der Waals surface area contributed by atoms with E-state index < -0.39 is 0 Å². The lowest BCUT2D eigenvalue weighted by atomic mass is 10.1. The molecule has 0 aliphatic carbocycles. The molecule has 0 aromatic heterocycles. The van der Waals surface area contributed by atoms with Crippen LogP contribution in [0.25, 0.3) is 0 Å². The number of hydrogen-bond donors (Lipinski definition) is 0. The quantitative estimate of drug-likeness (QED) is 0.727. The van der Waals surface area contributed by atoms with Gasteiger partial charge in [0, 0.05) is 22.2 Å². The van der Waals surface area contributed by atoms with E-state index in [0.717, 1.165) is 22.2 Å². The number of benzene rings is 1. The van der Waals surface area contributed by atoms with E-state index in [-0.39, 0.29) is 5.91 Å². The summed E-state index contributed by atoms with van der Waals surface area (Å²) < 4.78 is 1.16. The maximum absolute atomic E-state index is 12.5. The molecule has 0 N–H and O–H groups in total. The highest BCUT2D eigenvalue weighted by Crippen LogP contribution is 2.12. The maximum Gasteiger partial charge on any atom is 0.253 e. The van der Waals surface area contributed by atoms with Gasteiger partial charge in [-0.3, -0.25) is 4.79 Å². The van der Waals surface area contributed by atoms with Crippen LogP contribution >= 0.6 is 22.6 Å². The molecule has 3 heteroatoms. The molecular formula is C15H22INO. The fourth-order valence-corrected chi connectivity index (χ4v) is 2.26. The van der Waals surface area contributed by atoms with E-state index in [1.165, 1.54) is 0 Å². The third kappa shape index (κ3) is 4.96. The Labute approximate surface area is 124 Å². The second kappa shape index (κ2) is 7.12. The van der Waals surface area contributed by atoms with Crippen LogP contribution in [0, 0.1) is 15.4 Å². The van der Waals surface area contributed by atoms with Gasteiger partial charge in [-0.2, -0.15) is 0 Å². The fraction of sp³-hybridized carbons (Fsp3) is 0.533. The molecule has 0 heterocycles. The van der Waals surface area contributed by atoms with Crippen molar-refractivity contribution in [3.8, 4) is 0 Å². The minimum Gasteiger partial charge on any atom is -0.338 e. The second-order valence-corrected chi connectivity index (χ2v) is 6.75. The number of hydrogen-bond acceptors (Lipinski definition) is 1. The van der Waals surface area contributed by atoms with Crippen molar-refractivity contribution < 1.29 is 4.79 Å². The highest BCUT2D eigenvalue weighted by Gasteiger charge is 2.17. The van der Waals surface area contributed by atoms with Gasteiger partial charge in [-0.1, -0.05) is 27.7 Å². The Morgan fingerprint density at radius 1 is 1.06 bits per heavy atom. The highest BCUT2D eigenvalue weighted by atomic mass is 127. The van der Waals surface area contributed by atoms with Crippen LogP contribution < -0.4 is 0 Å². The summed E-state index contributed by atoms with van der Waals surface area (Å²) in [4.78, 5) is 14.4. The Hall–Kier alpha value is -0.580. The van der Waals surface area contributed by atoms with Gasteiger partial charge in [-0.25, -0.2) is 0 Å². The first-order valence-corrected chi connectivity index (χ1v) is 7.53. The number of carbonyl (C=O) groups is 1. The smallest absolute Gasteiger partial charge is 0.253 e. The number of halogens is 1. The predicted octanol–water partition coefficient (Wildman–Crippen LogP) is 4.05. The molecule has 0 fully saturated rings. The van der Waals surface area contributed by atoms with Crippen molar-refractivity contribution >= 4 is 28.5 Å². The van der Waals surface area contributed by atoms with E-state index in [1.54, 1.807) is 0 Å². The van der Waals surface area contributed by atoms with Gasteiger partial charge in [0.05, 0.1) is 0 Å². The largest absolute Gasteiger partial charge is 0.338 e. The van der Waals surface area contributed by atoms with E-state index >= 15 is 0 Å². The molecule has 0 bridgehead atoms. The number of amides is 1. The van der Waals surface area contributed by atoms with Gasteiger partial charge in [-0.15, -0.1) is 0 Å². The molecule has 100 valence electrons. The van der Waals surface area contributed by atoms with Crippen LogP contribution in [0.2, 0.25) is 0 Å². The molecule has 0 atom stereocenters. The summed E-state index contributed by atoms with van der Waals surface area (Å²) >= 11 is 2.25. The number of nitrogens with zero attached hydrogens (tertiary/aromatic N) is 1. The van der Waals surface area contributed by atoms with Gasteiger partial charge in [-0.05, 0) is 58.7 Å². The maximum atomic E-state index is 12.5. The van der Waals surface area contributed by atoms with Crippen LogP contribution in [0.4, 0.5) is 0 Å². The normalized spacial score (nSPS) is 11.1. The molecule has 1 rings (SSSR count). The molecule has 1 amide bonds. The summed E-state index contributed by atoms with van der Waals surface area (Å²) in [5.41, 5.74) is 0.789. The van der Waals surface area contributed by atoms with Gasteiger partial charge in [0.2, 0.25) is 0 Å². The number of carbonyl (C=O) groups excluding carboxylic acids is 1. The van der Waals surface area contributed by atoms with Gasteiger partial charge < -0.3 is 4.90 Å². The Balaban J connectivity index is 2.83. The summed E-state index contributed by atoms with van der Waals surface area (Å²) in [5, 5.41) is 0. The molecule has 0 spiro atoms. The molecule has 1 aromatic rings. The van der Waals surface area contributed by atoms with Crippen LogP contribution in [0.3, 0.4) is 0 Å². The fourth-order valence-electron chi connectivity index (χ4n) is 1.90. The summed E-state index contributed by atoms with van der Waals surface area (Å²) in [7, 11) is 0. The lowest BCUT2D eigenvalue weighted by Gasteiger charge is -2.26. The summed E-state index contributed by atoms with van der Waals surface area (Å²) in [5.74, 6) is 1.14. The monoisotopic (exact) mass is 359 g/mol. The minimum absolute atomic E-state index is 0.147. The zero-order chi connectivity index (χ0) is 13.7. The first kappa shape index (κ1) is 15.5. The summed E-state index contributed by atoms with van der Waals surface area (Å²) in [6.07, 6.45) is 0. The number of rotatable bonds is 5. The van der Waals surface area contributed by atoms with Crippen molar-refractivity contribution in [1.29, 1.82) is 0 Å². The lowest BCUT2D eigenvalue weighted by molar-refractivity contribution is 0.0715. The van der Waals surface area contributed by atoms with Gasteiger partial charge in [0.1, 0.15) is 0 Å². The Morgan fingerprint density at radius 2 is 1.50 bits per heavy atom. The van der Waals surface area contributed by atoms with Crippen LogP contribution in [0.15, 0.2) is 24.3 Å². The predicted molar refractivity (Wildman–Crippen MR) is 84.7 cm³/mol. The molecule has 1 aromatic carbocycles. The van der Waals surface area contributed by atoms with Crippen molar-refractivity contribution in [2.24, 2.45) is 11.8 Å². The zero-order valence-electron chi connectivity index (χ0n) is 11.6. The lowest BCUT2D eigenvalue weighted by Crippen LogP contribution is -2.37. The zero-order valence-corrected chi connectivity index (χ0v) is 13.8. The molecule has 2 nitrogen and oxygen atoms in total. The Bertz CT molecular complexity index is 374. The van der Waals surface area contributed by atoms with Crippen molar-refractivity contribution in [3.05, 3.63) is 33.4 Å². The minimum atomic E-state index is 0.147. The molecule has 0 saturated carbocycles. The second-order valence-electron chi connectivity index (χ2n) is 5.50. The average Bonchev–Trinajstić information content (AvgIpc) is 2.27. The molecule has 0 saturated heterocycles. The van der Waals surface area contributed by atoms with Crippen LogP contribution in [-0.4, -0.2) is 23.9 Å². The van der Waals surface area contributed by atoms with Crippen LogP contribution in [0.1, 0.15) is 38.1 Å². The molecule has 0 aliphatic rings. The van der Waals surface area contributed by atoms with Crippen LogP contribution in [0.5, 0.6) is 0 Å². The first-order valence-electron chi connectivity index (χ1n) is 6.45.